The molecular formula is C22H36Br2Zr. The summed E-state index contributed by atoms with van der Waals surface area (Å²) in [6.07, 6.45) is 13.5. The van der Waals surface area contributed by atoms with Gasteiger partial charge in [0.1, 0.15) is 0 Å². The van der Waals surface area contributed by atoms with E-state index in [0.29, 0.717) is 23.7 Å². The summed E-state index contributed by atoms with van der Waals surface area (Å²) in [5.74, 6) is 2.63. The molecule has 0 fully saturated rings. The van der Waals surface area contributed by atoms with Gasteiger partial charge in [0.05, 0.1) is 0 Å². The molecule has 0 bridgehead atoms. The Morgan fingerprint density at radius 1 is 0.600 bits per heavy atom. The first-order valence-electron chi connectivity index (χ1n) is 8.87. The van der Waals surface area contributed by atoms with Crippen LogP contribution in [-0.4, -0.2) is 0 Å². The molecule has 0 spiro atoms. The quantitative estimate of drug-likeness (QED) is 0.312. The van der Waals surface area contributed by atoms with Crippen LogP contribution in [0.15, 0.2) is 34.4 Å². The molecule has 25 heavy (non-hydrogen) atoms. The third-order valence-electron chi connectivity index (χ3n) is 4.25. The second kappa shape index (κ2) is 14.8. The first kappa shape index (κ1) is 30.5. The Morgan fingerprint density at radius 3 is 1.04 bits per heavy atom. The van der Waals surface area contributed by atoms with Gasteiger partial charge in [-0.3, -0.25) is 12.2 Å². The maximum absolute atomic E-state index is 3.41. The standard InChI is InChI=1S/2C11H17.2BrH.Zr/c2*1-8(2)10-6-5-7-11(10)9(3)4;;;/h2*6,8-9H,5H2,1-4H3;2*1H;/q2*-1;;;+2. The van der Waals surface area contributed by atoms with Crippen LogP contribution in [0.25, 0.3) is 0 Å². The van der Waals surface area contributed by atoms with Crippen LogP contribution in [-0.2, 0) is 26.2 Å². The van der Waals surface area contributed by atoms with E-state index < -0.39 is 0 Å². The van der Waals surface area contributed by atoms with Gasteiger partial charge in [0.2, 0.25) is 0 Å². The fraction of sp³-hybridized carbons (Fsp3) is 0.636. The number of halogens is 2. The molecule has 0 saturated carbocycles. The van der Waals surface area contributed by atoms with Gasteiger partial charge in [0.15, 0.2) is 0 Å². The van der Waals surface area contributed by atoms with E-state index in [4.69, 9.17) is 0 Å². The minimum atomic E-state index is 0. The Kier molecular flexibility index (Phi) is 18.1. The van der Waals surface area contributed by atoms with Crippen LogP contribution in [0.4, 0.5) is 0 Å². The molecule has 2 rings (SSSR count). The van der Waals surface area contributed by atoms with Crippen LogP contribution in [0.5, 0.6) is 0 Å². The Labute approximate surface area is 197 Å². The molecule has 0 aliphatic heterocycles. The fourth-order valence-corrected chi connectivity index (χ4v) is 3.13. The van der Waals surface area contributed by atoms with Gasteiger partial charge in [0, 0.05) is 0 Å². The summed E-state index contributed by atoms with van der Waals surface area (Å²) in [4.78, 5) is 0. The Balaban J connectivity index is -0.000000346. The molecule has 0 saturated heterocycles. The van der Waals surface area contributed by atoms with Crippen molar-refractivity contribution in [3.8, 4) is 0 Å². The second-order valence-electron chi connectivity index (χ2n) is 7.53. The van der Waals surface area contributed by atoms with Crippen molar-refractivity contribution in [2.24, 2.45) is 23.7 Å². The number of hydrogen-bond acceptors (Lipinski definition) is 0. The van der Waals surface area contributed by atoms with Gasteiger partial charge in [-0.05, 0) is 0 Å². The largest absolute Gasteiger partial charge is 2.00 e. The van der Waals surface area contributed by atoms with Gasteiger partial charge in [-0.2, -0.15) is 23.3 Å². The summed E-state index contributed by atoms with van der Waals surface area (Å²) in [6.45, 7) is 18.0. The molecule has 0 unspecified atom stereocenters. The Bertz CT molecular complexity index is 402. The smallest absolute Gasteiger partial charge is 0.269 e. The third-order valence-corrected chi connectivity index (χ3v) is 4.25. The van der Waals surface area contributed by atoms with E-state index in [2.05, 4.69) is 79.7 Å². The first-order chi connectivity index (χ1) is 10.3. The predicted octanol–water partition coefficient (Wildman–Crippen LogP) is 7.87. The first-order valence-corrected chi connectivity index (χ1v) is 8.87. The molecule has 0 N–H and O–H groups in total. The van der Waals surface area contributed by atoms with Crippen LogP contribution in [0.3, 0.4) is 0 Å². The summed E-state index contributed by atoms with van der Waals surface area (Å²) >= 11 is 0. The van der Waals surface area contributed by atoms with Gasteiger partial charge in [-0.25, -0.2) is 11.1 Å². The van der Waals surface area contributed by atoms with E-state index in [1.54, 1.807) is 0 Å². The van der Waals surface area contributed by atoms with E-state index in [-0.39, 0.29) is 60.2 Å². The maximum Gasteiger partial charge on any atom is 2.00 e. The Morgan fingerprint density at radius 2 is 0.880 bits per heavy atom. The third kappa shape index (κ3) is 9.52. The van der Waals surface area contributed by atoms with Crippen LogP contribution < -0.4 is 0 Å². The normalized spacial score (nSPS) is 15.5. The molecule has 2 aliphatic carbocycles. The van der Waals surface area contributed by atoms with Crippen LogP contribution >= 0.6 is 34.0 Å². The number of allylic oxidation sites excluding steroid dienone is 8. The second-order valence-corrected chi connectivity index (χ2v) is 7.53. The predicted molar refractivity (Wildman–Crippen MR) is 119 cm³/mol. The SMILES string of the molecule is Br.Br.CC(C)C1=[C-]CC=C1C(C)C.CC(C)C1=[C-]CC=C1C(C)C.[Zr+2]. The molecule has 0 atom stereocenters. The molecule has 0 aromatic heterocycles. The van der Waals surface area contributed by atoms with Crippen LogP contribution in [0, 0.1) is 35.8 Å². The van der Waals surface area contributed by atoms with Gasteiger partial charge in [-0.15, -0.1) is 46.8 Å². The van der Waals surface area contributed by atoms with E-state index in [0.717, 1.165) is 12.8 Å². The van der Waals surface area contributed by atoms with Crippen molar-refractivity contribution in [1.82, 2.24) is 0 Å². The van der Waals surface area contributed by atoms with Gasteiger partial charge >= 0.3 is 26.2 Å². The molecule has 0 radical (unpaired) electrons. The van der Waals surface area contributed by atoms with Crippen LogP contribution in [0.1, 0.15) is 68.2 Å². The van der Waals surface area contributed by atoms with Gasteiger partial charge < -0.3 is 0 Å². The van der Waals surface area contributed by atoms with Crippen molar-refractivity contribution in [3.63, 3.8) is 0 Å². The minimum absolute atomic E-state index is 0. The molecule has 3 heteroatoms. The van der Waals surface area contributed by atoms with Crippen molar-refractivity contribution >= 4 is 34.0 Å². The zero-order valence-corrected chi connectivity index (χ0v) is 23.1. The average Bonchev–Trinajstić information content (AvgIpc) is 3.08. The van der Waals surface area contributed by atoms with Crippen molar-refractivity contribution < 1.29 is 26.2 Å². The minimum Gasteiger partial charge on any atom is -0.269 e. The van der Waals surface area contributed by atoms with Crippen molar-refractivity contribution in [2.75, 3.05) is 0 Å². The number of rotatable bonds is 4. The van der Waals surface area contributed by atoms with Crippen molar-refractivity contribution in [1.29, 1.82) is 0 Å². The summed E-state index contributed by atoms with van der Waals surface area (Å²) in [7, 11) is 0. The van der Waals surface area contributed by atoms with E-state index >= 15 is 0 Å². The molecule has 0 aromatic rings. The molecule has 0 heterocycles. The molecule has 0 amide bonds. The molecule has 0 nitrogen and oxygen atoms in total. The van der Waals surface area contributed by atoms with Crippen molar-refractivity contribution in [2.45, 2.75) is 68.2 Å². The topological polar surface area (TPSA) is 0 Å². The molecule has 0 aromatic carbocycles. The summed E-state index contributed by atoms with van der Waals surface area (Å²) in [5, 5.41) is 0. The monoisotopic (exact) mass is 548 g/mol. The summed E-state index contributed by atoms with van der Waals surface area (Å²) in [6, 6.07) is 0. The average molecular weight is 552 g/mol. The van der Waals surface area contributed by atoms with Crippen LogP contribution in [0.2, 0.25) is 0 Å². The summed E-state index contributed by atoms with van der Waals surface area (Å²) < 4.78 is 0. The fourth-order valence-electron chi connectivity index (χ4n) is 3.13. The zero-order valence-electron chi connectivity index (χ0n) is 17.2. The Hall–Kier alpha value is 0.803. The summed E-state index contributed by atoms with van der Waals surface area (Å²) in [5.41, 5.74) is 5.92. The zero-order chi connectivity index (χ0) is 16.9. The molecule has 2 aliphatic rings. The number of hydrogen-bond donors (Lipinski definition) is 0. The maximum atomic E-state index is 3.41. The molecule has 142 valence electrons. The van der Waals surface area contributed by atoms with E-state index in [9.17, 15) is 0 Å². The van der Waals surface area contributed by atoms with E-state index in [1.807, 2.05) is 0 Å². The van der Waals surface area contributed by atoms with E-state index in [1.165, 1.54) is 22.3 Å². The van der Waals surface area contributed by atoms with Gasteiger partial charge in [-0.1, -0.05) is 79.1 Å². The van der Waals surface area contributed by atoms with Gasteiger partial charge in [0.25, 0.3) is 0 Å². The molecular weight excluding hydrogens is 515 g/mol. The van der Waals surface area contributed by atoms with Crippen molar-refractivity contribution in [3.05, 3.63) is 46.6 Å².